The van der Waals surface area contributed by atoms with Crippen molar-refractivity contribution in [2.24, 2.45) is 5.92 Å². The lowest BCUT2D eigenvalue weighted by Crippen LogP contribution is -2.15. The Morgan fingerprint density at radius 3 is 3.14 bits per heavy atom. The lowest BCUT2D eigenvalue weighted by molar-refractivity contribution is 0.0932. The fraction of sp³-hybridized carbons (Fsp3) is 0.455. The number of carbonyl (C=O) groups is 1. The van der Waals surface area contributed by atoms with Crippen LogP contribution in [0.15, 0.2) is 18.5 Å². The van der Waals surface area contributed by atoms with Gasteiger partial charge in [0.25, 0.3) is 0 Å². The molecule has 2 heterocycles. The second-order valence-electron chi connectivity index (χ2n) is 3.62. The van der Waals surface area contributed by atoms with Crippen LogP contribution in [0.25, 0.3) is 0 Å². The predicted molar refractivity (Wildman–Crippen MR) is 58.7 cm³/mol. The maximum atomic E-state index is 12.0. The molecule has 2 nitrogen and oxygen atoms in total. The number of ketones is 1. The minimum absolute atomic E-state index is 0.225. The number of carbonyl (C=O) groups excluding carboxylic acids is 1. The van der Waals surface area contributed by atoms with Crippen molar-refractivity contribution in [3.8, 4) is 0 Å². The number of aromatic nitrogens is 1. The number of hydrogen-bond acceptors (Lipinski definition) is 3. The predicted octanol–water partition coefficient (Wildman–Crippen LogP) is 2.33. The molecule has 0 aromatic carbocycles. The molecule has 0 bridgehead atoms. The number of thioether (sulfide) groups is 1. The van der Waals surface area contributed by atoms with Crippen LogP contribution >= 0.6 is 11.8 Å². The Morgan fingerprint density at radius 2 is 2.50 bits per heavy atom. The first-order valence-electron chi connectivity index (χ1n) is 4.81. The van der Waals surface area contributed by atoms with Crippen LogP contribution in [0.5, 0.6) is 0 Å². The molecule has 0 spiro atoms. The zero-order chi connectivity index (χ0) is 9.97. The third-order valence-corrected chi connectivity index (χ3v) is 3.77. The van der Waals surface area contributed by atoms with Crippen molar-refractivity contribution in [3.63, 3.8) is 0 Å². The molecule has 1 aromatic heterocycles. The molecule has 1 saturated heterocycles. The van der Waals surface area contributed by atoms with Crippen LogP contribution in [0, 0.1) is 12.8 Å². The third kappa shape index (κ3) is 1.82. The molecule has 0 radical (unpaired) electrons. The molecule has 3 heteroatoms. The molecule has 0 aliphatic carbocycles. The van der Waals surface area contributed by atoms with E-state index in [4.69, 9.17) is 0 Å². The first-order valence-corrected chi connectivity index (χ1v) is 5.97. The zero-order valence-corrected chi connectivity index (χ0v) is 9.01. The third-order valence-electron chi connectivity index (χ3n) is 2.61. The Labute approximate surface area is 88.1 Å². The maximum Gasteiger partial charge on any atom is 0.168 e. The molecule has 0 saturated carbocycles. The summed E-state index contributed by atoms with van der Waals surface area (Å²) in [6.45, 7) is 1.97. The van der Waals surface area contributed by atoms with Gasteiger partial charge in [0, 0.05) is 29.6 Å². The quantitative estimate of drug-likeness (QED) is 0.697. The first-order chi connectivity index (χ1) is 6.79. The molecule has 0 amide bonds. The van der Waals surface area contributed by atoms with Gasteiger partial charge in [0.05, 0.1) is 0 Å². The summed E-state index contributed by atoms with van der Waals surface area (Å²) in [5, 5.41) is 0. The molecule has 0 N–H and O–H groups in total. The van der Waals surface area contributed by atoms with Crippen molar-refractivity contribution in [1.82, 2.24) is 4.98 Å². The number of Topliss-reactive ketones (excluding diaryl/α,β-unsaturated/α-hetero) is 1. The number of aryl methyl sites for hydroxylation is 1. The highest BCUT2D eigenvalue weighted by Gasteiger charge is 2.25. The average molecular weight is 207 g/mol. The zero-order valence-electron chi connectivity index (χ0n) is 8.19. The lowest BCUT2D eigenvalue weighted by atomic mass is 9.96. The van der Waals surface area contributed by atoms with Gasteiger partial charge in [-0.25, -0.2) is 0 Å². The van der Waals surface area contributed by atoms with E-state index in [1.54, 1.807) is 12.4 Å². The van der Waals surface area contributed by atoms with Crippen LogP contribution < -0.4 is 0 Å². The SMILES string of the molecule is Cc1ccncc1C(=O)C1CCSC1. The normalized spacial score (nSPS) is 21.1. The smallest absolute Gasteiger partial charge is 0.168 e. The molecule has 74 valence electrons. The molecule has 1 aliphatic heterocycles. The number of nitrogens with zero attached hydrogens (tertiary/aromatic N) is 1. The lowest BCUT2D eigenvalue weighted by Gasteiger charge is -2.08. The standard InChI is InChI=1S/C11H13NOS/c1-8-2-4-12-6-10(8)11(13)9-3-5-14-7-9/h2,4,6,9H,3,5,7H2,1H3. The van der Waals surface area contributed by atoms with Gasteiger partial charge in [-0.05, 0) is 30.7 Å². The minimum Gasteiger partial charge on any atom is -0.294 e. The van der Waals surface area contributed by atoms with Crippen molar-refractivity contribution in [1.29, 1.82) is 0 Å². The Hall–Kier alpha value is -0.830. The monoisotopic (exact) mass is 207 g/mol. The maximum absolute atomic E-state index is 12.0. The van der Waals surface area contributed by atoms with Gasteiger partial charge in [0.15, 0.2) is 5.78 Å². The van der Waals surface area contributed by atoms with Crippen LogP contribution in [0.1, 0.15) is 22.3 Å². The van der Waals surface area contributed by atoms with Gasteiger partial charge in [0.1, 0.15) is 0 Å². The van der Waals surface area contributed by atoms with E-state index in [-0.39, 0.29) is 11.7 Å². The second kappa shape index (κ2) is 4.13. The van der Waals surface area contributed by atoms with Gasteiger partial charge in [-0.2, -0.15) is 11.8 Å². The van der Waals surface area contributed by atoms with E-state index in [0.717, 1.165) is 29.1 Å². The highest BCUT2D eigenvalue weighted by atomic mass is 32.2. The van der Waals surface area contributed by atoms with Crippen molar-refractivity contribution in [3.05, 3.63) is 29.6 Å². The Balaban J connectivity index is 2.22. The first kappa shape index (κ1) is 9.71. The fourth-order valence-corrected chi connectivity index (χ4v) is 2.90. The second-order valence-corrected chi connectivity index (χ2v) is 4.77. The van der Waals surface area contributed by atoms with E-state index in [9.17, 15) is 4.79 Å². The van der Waals surface area contributed by atoms with Crippen LogP contribution in [-0.2, 0) is 0 Å². The average Bonchev–Trinajstić information content (AvgIpc) is 2.70. The summed E-state index contributed by atoms with van der Waals surface area (Å²) in [5.74, 6) is 2.60. The van der Waals surface area contributed by atoms with Gasteiger partial charge in [-0.3, -0.25) is 9.78 Å². The van der Waals surface area contributed by atoms with Gasteiger partial charge in [-0.15, -0.1) is 0 Å². The van der Waals surface area contributed by atoms with Crippen LogP contribution in [0.4, 0.5) is 0 Å². The van der Waals surface area contributed by atoms with E-state index in [0.29, 0.717) is 0 Å². The van der Waals surface area contributed by atoms with Crippen LogP contribution in [0.2, 0.25) is 0 Å². The van der Waals surface area contributed by atoms with Gasteiger partial charge in [-0.1, -0.05) is 0 Å². The molecule has 14 heavy (non-hydrogen) atoms. The van der Waals surface area contributed by atoms with Crippen molar-refractivity contribution in [2.75, 3.05) is 11.5 Å². The Bertz CT molecular complexity index is 345. The van der Waals surface area contributed by atoms with Crippen LogP contribution in [-0.4, -0.2) is 22.3 Å². The molecule has 2 rings (SSSR count). The van der Waals surface area contributed by atoms with E-state index in [1.807, 2.05) is 24.8 Å². The molecule has 1 aliphatic rings. The summed E-state index contributed by atoms with van der Waals surface area (Å²) in [6, 6.07) is 1.90. The minimum atomic E-state index is 0.225. The van der Waals surface area contributed by atoms with Crippen molar-refractivity contribution >= 4 is 17.5 Å². The molecule has 1 fully saturated rings. The van der Waals surface area contributed by atoms with Gasteiger partial charge >= 0.3 is 0 Å². The largest absolute Gasteiger partial charge is 0.294 e. The summed E-state index contributed by atoms with van der Waals surface area (Å²) < 4.78 is 0. The topological polar surface area (TPSA) is 30.0 Å². The van der Waals surface area contributed by atoms with Crippen LogP contribution in [0.3, 0.4) is 0 Å². The molecule has 1 unspecified atom stereocenters. The number of hydrogen-bond donors (Lipinski definition) is 0. The fourth-order valence-electron chi connectivity index (χ4n) is 1.68. The molecule has 1 atom stereocenters. The molecular formula is C11H13NOS. The highest BCUT2D eigenvalue weighted by molar-refractivity contribution is 7.99. The summed E-state index contributed by atoms with van der Waals surface area (Å²) in [4.78, 5) is 16.0. The van der Waals surface area contributed by atoms with E-state index in [1.165, 1.54) is 0 Å². The summed E-state index contributed by atoms with van der Waals surface area (Å²) in [6.07, 6.45) is 4.45. The highest BCUT2D eigenvalue weighted by Crippen LogP contribution is 2.27. The molecular weight excluding hydrogens is 194 g/mol. The van der Waals surface area contributed by atoms with Crippen molar-refractivity contribution < 1.29 is 4.79 Å². The van der Waals surface area contributed by atoms with E-state index < -0.39 is 0 Å². The number of pyridine rings is 1. The van der Waals surface area contributed by atoms with E-state index in [2.05, 4.69) is 4.98 Å². The summed E-state index contributed by atoms with van der Waals surface area (Å²) in [7, 11) is 0. The Kier molecular flexibility index (Phi) is 2.87. The summed E-state index contributed by atoms with van der Waals surface area (Å²) >= 11 is 1.87. The Morgan fingerprint density at radius 1 is 1.64 bits per heavy atom. The summed E-state index contributed by atoms with van der Waals surface area (Å²) in [5.41, 5.74) is 1.85. The van der Waals surface area contributed by atoms with E-state index >= 15 is 0 Å². The van der Waals surface area contributed by atoms with Gasteiger partial charge < -0.3 is 0 Å². The van der Waals surface area contributed by atoms with Crippen molar-refractivity contribution in [2.45, 2.75) is 13.3 Å². The number of rotatable bonds is 2. The van der Waals surface area contributed by atoms with Gasteiger partial charge in [0.2, 0.25) is 0 Å². The molecule has 1 aromatic rings.